The Morgan fingerprint density at radius 3 is 2.33 bits per heavy atom. The number of hydrogen-bond donors (Lipinski definition) is 0. The van der Waals surface area contributed by atoms with Crippen LogP contribution < -0.4 is 0 Å². The summed E-state index contributed by atoms with van der Waals surface area (Å²) in [6.45, 7) is 2.29. The van der Waals surface area contributed by atoms with Crippen molar-refractivity contribution in [1.82, 2.24) is 0 Å². The molecule has 12 heavy (non-hydrogen) atoms. The molecule has 0 aliphatic heterocycles. The van der Waals surface area contributed by atoms with Gasteiger partial charge in [0.05, 0.1) is 0 Å². The molecule has 72 valence electrons. The maximum atomic E-state index is 2.29. The highest BCUT2D eigenvalue weighted by molar-refractivity contribution is 7.39. The molecule has 1 fully saturated rings. The summed E-state index contributed by atoms with van der Waals surface area (Å²) in [7, 11) is 1.31. The summed E-state index contributed by atoms with van der Waals surface area (Å²) < 4.78 is 0. The second kappa shape index (κ2) is 6.89. The lowest BCUT2D eigenvalue weighted by Crippen LogP contribution is -1.81. The van der Waals surface area contributed by atoms with Crippen LogP contribution in [0.1, 0.15) is 58.3 Å². The van der Waals surface area contributed by atoms with Gasteiger partial charge in [-0.1, -0.05) is 39.0 Å². The molecule has 1 saturated carbocycles. The van der Waals surface area contributed by atoms with Crippen molar-refractivity contribution in [3.8, 4) is 0 Å². The SMILES string of the molecule is CCCCCCCCPC1CC1. The maximum absolute atomic E-state index is 2.29. The van der Waals surface area contributed by atoms with Gasteiger partial charge in [-0.15, -0.1) is 8.58 Å². The third-order valence-electron chi connectivity index (χ3n) is 2.54. The molecule has 0 aromatic rings. The van der Waals surface area contributed by atoms with Crippen LogP contribution in [0, 0.1) is 0 Å². The van der Waals surface area contributed by atoms with E-state index in [-0.39, 0.29) is 0 Å². The van der Waals surface area contributed by atoms with Crippen LogP contribution in [0.3, 0.4) is 0 Å². The first-order valence-corrected chi connectivity index (χ1v) is 6.95. The number of hydrogen-bond acceptors (Lipinski definition) is 0. The molecule has 1 atom stereocenters. The third kappa shape index (κ3) is 6.00. The van der Waals surface area contributed by atoms with Crippen molar-refractivity contribution in [1.29, 1.82) is 0 Å². The quantitative estimate of drug-likeness (QED) is 0.394. The van der Waals surface area contributed by atoms with Crippen molar-refractivity contribution in [2.24, 2.45) is 0 Å². The largest absolute Gasteiger partial charge is 0.119 e. The van der Waals surface area contributed by atoms with Crippen molar-refractivity contribution >= 4 is 8.58 Å². The topological polar surface area (TPSA) is 0 Å². The van der Waals surface area contributed by atoms with Gasteiger partial charge in [-0.2, -0.15) is 0 Å². The molecule has 1 rings (SSSR count). The van der Waals surface area contributed by atoms with Crippen LogP contribution in [0.4, 0.5) is 0 Å². The summed E-state index contributed by atoms with van der Waals surface area (Å²) in [5, 5.41) is 0. The van der Waals surface area contributed by atoms with E-state index < -0.39 is 0 Å². The lowest BCUT2D eigenvalue weighted by molar-refractivity contribution is 0.626. The summed E-state index contributed by atoms with van der Waals surface area (Å²) >= 11 is 0. The van der Waals surface area contributed by atoms with E-state index in [0.29, 0.717) is 0 Å². The van der Waals surface area contributed by atoms with Gasteiger partial charge in [0.1, 0.15) is 0 Å². The van der Waals surface area contributed by atoms with Crippen molar-refractivity contribution in [2.75, 3.05) is 6.16 Å². The zero-order chi connectivity index (χ0) is 8.65. The van der Waals surface area contributed by atoms with Crippen molar-refractivity contribution in [2.45, 2.75) is 63.9 Å². The zero-order valence-electron chi connectivity index (χ0n) is 8.44. The van der Waals surface area contributed by atoms with Crippen LogP contribution in [0.5, 0.6) is 0 Å². The van der Waals surface area contributed by atoms with Crippen LogP contribution in [0.2, 0.25) is 0 Å². The molecule has 0 bridgehead atoms. The van der Waals surface area contributed by atoms with E-state index >= 15 is 0 Å². The van der Waals surface area contributed by atoms with Gasteiger partial charge in [0.15, 0.2) is 0 Å². The molecular formula is C11H23P. The molecule has 0 radical (unpaired) electrons. The number of unbranched alkanes of at least 4 members (excludes halogenated alkanes) is 5. The smallest absolute Gasteiger partial charge is 0.0236 e. The Kier molecular flexibility index (Phi) is 6.04. The summed E-state index contributed by atoms with van der Waals surface area (Å²) in [6, 6.07) is 0. The lowest BCUT2D eigenvalue weighted by Gasteiger charge is -1.99. The Morgan fingerprint density at radius 1 is 1.00 bits per heavy atom. The summed E-state index contributed by atoms with van der Waals surface area (Å²) in [5.41, 5.74) is 1.18. The molecular weight excluding hydrogens is 163 g/mol. The first kappa shape index (κ1) is 10.5. The summed E-state index contributed by atoms with van der Waals surface area (Å²) in [5.74, 6) is 0. The Balaban J connectivity index is 1.65. The molecule has 0 nitrogen and oxygen atoms in total. The minimum atomic E-state index is 1.18. The highest BCUT2D eigenvalue weighted by atomic mass is 31.1. The van der Waals surface area contributed by atoms with Gasteiger partial charge in [0.25, 0.3) is 0 Å². The first-order valence-electron chi connectivity index (χ1n) is 5.67. The fourth-order valence-corrected chi connectivity index (χ4v) is 2.94. The highest BCUT2D eigenvalue weighted by Gasteiger charge is 2.19. The van der Waals surface area contributed by atoms with E-state index in [1.54, 1.807) is 12.8 Å². The van der Waals surface area contributed by atoms with Crippen LogP contribution in [-0.4, -0.2) is 11.8 Å². The average Bonchev–Trinajstić information content (AvgIpc) is 2.87. The van der Waals surface area contributed by atoms with Gasteiger partial charge in [0, 0.05) is 0 Å². The summed E-state index contributed by atoms with van der Waals surface area (Å²) in [6.07, 6.45) is 13.4. The molecule has 1 heteroatoms. The fraction of sp³-hybridized carbons (Fsp3) is 1.00. The van der Waals surface area contributed by atoms with Crippen LogP contribution in [-0.2, 0) is 0 Å². The van der Waals surface area contributed by atoms with E-state index in [4.69, 9.17) is 0 Å². The van der Waals surface area contributed by atoms with Crippen molar-refractivity contribution in [3.05, 3.63) is 0 Å². The third-order valence-corrected chi connectivity index (χ3v) is 4.34. The van der Waals surface area contributed by atoms with E-state index in [2.05, 4.69) is 6.92 Å². The second-order valence-corrected chi connectivity index (χ2v) is 5.72. The zero-order valence-corrected chi connectivity index (χ0v) is 9.44. The predicted octanol–water partition coefficient (Wildman–Crippen LogP) is 4.19. The molecule has 0 spiro atoms. The predicted molar refractivity (Wildman–Crippen MR) is 59.6 cm³/mol. The standard InChI is InChI=1S/C11H23P/c1-2-3-4-5-6-7-10-12-11-8-9-11/h11-12H,2-10H2,1H3. The minimum absolute atomic E-state index is 1.18. The van der Waals surface area contributed by atoms with E-state index in [9.17, 15) is 0 Å². The number of rotatable bonds is 8. The van der Waals surface area contributed by atoms with Gasteiger partial charge < -0.3 is 0 Å². The second-order valence-electron chi connectivity index (χ2n) is 4.00. The molecule has 1 aliphatic rings. The van der Waals surface area contributed by atoms with Gasteiger partial charge in [-0.05, 0) is 31.1 Å². The van der Waals surface area contributed by atoms with Crippen molar-refractivity contribution in [3.63, 3.8) is 0 Å². The van der Waals surface area contributed by atoms with Gasteiger partial charge in [-0.3, -0.25) is 0 Å². The fourth-order valence-electron chi connectivity index (χ4n) is 1.50. The van der Waals surface area contributed by atoms with Crippen LogP contribution in [0.25, 0.3) is 0 Å². The molecule has 1 aliphatic carbocycles. The van der Waals surface area contributed by atoms with E-state index in [1.807, 2.05) is 0 Å². The van der Waals surface area contributed by atoms with Gasteiger partial charge >= 0.3 is 0 Å². The first-order chi connectivity index (χ1) is 5.93. The molecule has 1 unspecified atom stereocenters. The minimum Gasteiger partial charge on any atom is -0.119 e. The monoisotopic (exact) mass is 186 g/mol. The Morgan fingerprint density at radius 2 is 1.67 bits per heavy atom. The van der Waals surface area contributed by atoms with E-state index in [1.165, 1.54) is 58.9 Å². The van der Waals surface area contributed by atoms with Gasteiger partial charge in [-0.25, -0.2) is 0 Å². The lowest BCUT2D eigenvalue weighted by atomic mass is 10.1. The van der Waals surface area contributed by atoms with Crippen LogP contribution in [0.15, 0.2) is 0 Å². The molecule has 0 N–H and O–H groups in total. The van der Waals surface area contributed by atoms with Gasteiger partial charge in [0.2, 0.25) is 0 Å². The normalized spacial score (nSPS) is 17.8. The highest BCUT2D eigenvalue weighted by Crippen LogP contribution is 2.39. The molecule has 0 aromatic heterocycles. The maximum Gasteiger partial charge on any atom is -0.0236 e. The van der Waals surface area contributed by atoms with Crippen LogP contribution >= 0.6 is 8.58 Å². The molecule has 0 saturated heterocycles. The Labute approximate surface area is 79.3 Å². The Hall–Kier alpha value is 0.430. The van der Waals surface area contributed by atoms with E-state index in [0.717, 1.165) is 0 Å². The summed E-state index contributed by atoms with van der Waals surface area (Å²) in [4.78, 5) is 0. The molecule has 0 amide bonds. The molecule has 0 heterocycles. The molecule has 0 aromatic carbocycles. The average molecular weight is 186 g/mol. The van der Waals surface area contributed by atoms with Crippen molar-refractivity contribution < 1.29 is 0 Å². The Bertz CT molecular complexity index is 97.2.